The number of carbonyl (C=O) groups excluding carboxylic acids is 4. The van der Waals surface area contributed by atoms with Crippen LogP contribution in [0.5, 0.6) is 0 Å². The van der Waals surface area contributed by atoms with Crippen molar-refractivity contribution in [3.63, 3.8) is 0 Å². The molecule has 3 aromatic carbocycles. The minimum atomic E-state index is -1.11. The maximum atomic E-state index is 13.7. The van der Waals surface area contributed by atoms with Gasteiger partial charge in [-0.3, -0.25) is 14.4 Å². The van der Waals surface area contributed by atoms with Gasteiger partial charge in [0.15, 0.2) is 0 Å². The van der Waals surface area contributed by atoms with Crippen LogP contribution in [0.25, 0.3) is 0 Å². The summed E-state index contributed by atoms with van der Waals surface area (Å²) in [6.45, 7) is 0.905. The second kappa shape index (κ2) is 13.3. The van der Waals surface area contributed by atoms with E-state index in [1.165, 1.54) is 0 Å². The molecular formula is C33H34N2O6. The highest BCUT2D eigenvalue weighted by atomic mass is 16.6. The van der Waals surface area contributed by atoms with Crippen molar-refractivity contribution < 1.29 is 28.7 Å². The topological polar surface area (TPSA) is 93.2 Å². The number of benzene rings is 3. The number of likely N-dealkylation sites (tertiary alicyclic amines) is 1. The molecule has 0 aromatic heterocycles. The van der Waals surface area contributed by atoms with Crippen LogP contribution in [0.15, 0.2) is 91.0 Å². The van der Waals surface area contributed by atoms with Crippen molar-refractivity contribution in [3.8, 4) is 0 Å². The van der Waals surface area contributed by atoms with Crippen molar-refractivity contribution in [2.45, 2.75) is 50.9 Å². The van der Waals surface area contributed by atoms with Crippen LogP contribution in [0.1, 0.15) is 36.0 Å². The van der Waals surface area contributed by atoms with Crippen molar-refractivity contribution >= 4 is 23.9 Å². The fraction of sp³-hybridized carbons (Fsp3) is 0.333. The van der Waals surface area contributed by atoms with Crippen LogP contribution in [0.3, 0.4) is 0 Å². The first-order chi connectivity index (χ1) is 20.0. The summed E-state index contributed by atoms with van der Waals surface area (Å²) in [5, 5.41) is 0. The normalized spacial score (nSPS) is 19.1. The molecule has 2 aliphatic rings. The zero-order chi connectivity index (χ0) is 28.6. The number of hydrogen-bond donors (Lipinski definition) is 0. The molecule has 2 atom stereocenters. The third-order valence-corrected chi connectivity index (χ3v) is 7.74. The first-order valence-electron chi connectivity index (χ1n) is 14.1. The Labute approximate surface area is 239 Å². The third-order valence-electron chi connectivity index (χ3n) is 7.74. The molecule has 8 nitrogen and oxygen atoms in total. The smallest absolute Gasteiger partial charge is 0.417 e. The highest BCUT2D eigenvalue weighted by molar-refractivity contribution is 5.97. The van der Waals surface area contributed by atoms with Gasteiger partial charge in [-0.15, -0.1) is 0 Å². The summed E-state index contributed by atoms with van der Waals surface area (Å²) in [6, 6.07) is 27.8. The molecule has 3 aromatic rings. The van der Waals surface area contributed by atoms with Crippen molar-refractivity contribution in [1.82, 2.24) is 9.80 Å². The Bertz CT molecular complexity index is 1340. The lowest BCUT2D eigenvalue weighted by atomic mass is 9.95. The number of rotatable bonds is 9. The molecular weight excluding hydrogens is 520 g/mol. The number of nitrogens with zero attached hydrogens (tertiary/aromatic N) is 2. The summed E-state index contributed by atoms with van der Waals surface area (Å²) in [6.07, 6.45) is -0.0589. The standard InChI is InChI=1S/C33H34N2O6/c36-29(17-16-24-10-4-1-5-11-24)35-28(22-25-12-6-2-7-13-25)30(41-33(35)39)31(37)34-20-18-27(19-21-34)32(38)40-23-26-14-8-3-9-15-26/h1-15,27-28,30H,16-23H2/t28-,30-/m0/s1. The van der Waals surface area contributed by atoms with Crippen molar-refractivity contribution in [1.29, 1.82) is 0 Å². The number of aryl methyl sites for hydroxylation is 1. The Balaban J connectivity index is 1.23. The van der Waals surface area contributed by atoms with Crippen molar-refractivity contribution in [2.75, 3.05) is 13.1 Å². The molecule has 0 N–H and O–H groups in total. The van der Waals surface area contributed by atoms with Crippen LogP contribution in [-0.2, 0) is 43.3 Å². The molecule has 0 bridgehead atoms. The molecule has 0 unspecified atom stereocenters. The van der Waals surface area contributed by atoms with E-state index in [-0.39, 0.29) is 36.7 Å². The third kappa shape index (κ3) is 7.01. The Morgan fingerprint density at radius 3 is 1.95 bits per heavy atom. The number of esters is 1. The summed E-state index contributed by atoms with van der Waals surface area (Å²) in [5.74, 6) is -1.28. The lowest BCUT2D eigenvalue weighted by molar-refractivity contribution is -0.154. The van der Waals surface area contributed by atoms with E-state index in [1.54, 1.807) is 4.90 Å². The van der Waals surface area contributed by atoms with E-state index >= 15 is 0 Å². The van der Waals surface area contributed by atoms with E-state index in [9.17, 15) is 19.2 Å². The second-order valence-corrected chi connectivity index (χ2v) is 10.5. The molecule has 5 rings (SSSR count). The van der Waals surface area contributed by atoms with Crippen LogP contribution in [0.4, 0.5) is 4.79 Å². The van der Waals surface area contributed by atoms with Gasteiger partial charge >= 0.3 is 12.1 Å². The highest BCUT2D eigenvalue weighted by Gasteiger charge is 2.50. The van der Waals surface area contributed by atoms with Gasteiger partial charge in [-0.1, -0.05) is 91.0 Å². The highest BCUT2D eigenvalue weighted by Crippen LogP contribution is 2.28. The van der Waals surface area contributed by atoms with E-state index in [4.69, 9.17) is 9.47 Å². The van der Waals surface area contributed by atoms with E-state index in [0.29, 0.717) is 38.8 Å². The molecule has 8 heteroatoms. The predicted molar refractivity (Wildman–Crippen MR) is 151 cm³/mol. The zero-order valence-corrected chi connectivity index (χ0v) is 22.9. The molecule has 212 valence electrons. The lowest BCUT2D eigenvalue weighted by Crippen LogP contribution is -2.51. The zero-order valence-electron chi connectivity index (χ0n) is 22.9. The second-order valence-electron chi connectivity index (χ2n) is 10.5. The van der Waals surface area contributed by atoms with Gasteiger partial charge in [0.1, 0.15) is 6.61 Å². The molecule has 41 heavy (non-hydrogen) atoms. The molecule has 0 spiro atoms. The van der Waals surface area contributed by atoms with E-state index < -0.39 is 18.2 Å². The summed E-state index contributed by atoms with van der Waals surface area (Å²) >= 11 is 0. The number of piperidine rings is 1. The van der Waals surface area contributed by atoms with Crippen LogP contribution >= 0.6 is 0 Å². The van der Waals surface area contributed by atoms with Gasteiger partial charge in [-0.05, 0) is 42.4 Å². The Hall–Kier alpha value is -4.46. The number of imide groups is 1. The molecule has 2 heterocycles. The van der Waals surface area contributed by atoms with E-state index in [2.05, 4.69) is 0 Å². The number of ether oxygens (including phenoxy) is 2. The average molecular weight is 555 g/mol. The lowest BCUT2D eigenvalue weighted by Gasteiger charge is -2.33. The fourth-order valence-electron chi connectivity index (χ4n) is 5.45. The monoisotopic (exact) mass is 554 g/mol. The van der Waals surface area contributed by atoms with Gasteiger partial charge in [0.05, 0.1) is 12.0 Å². The van der Waals surface area contributed by atoms with Crippen LogP contribution in [0, 0.1) is 5.92 Å². The minimum Gasteiger partial charge on any atom is -0.461 e. The van der Waals surface area contributed by atoms with Crippen molar-refractivity contribution in [2.24, 2.45) is 5.92 Å². The molecule has 0 saturated carbocycles. The maximum absolute atomic E-state index is 13.7. The maximum Gasteiger partial charge on any atom is 0.417 e. The number of hydrogen-bond acceptors (Lipinski definition) is 6. The van der Waals surface area contributed by atoms with Gasteiger partial charge in [0, 0.05) is 19.5 Å². The Morgan fingerprint density at radius 1 is 0.780 bits per heavy atom. The molecule has 2 fully saturated rings. The first kappa shape index (κ1) is 28.1. The van der Waals surface area contributed by atoms with Crippen LogP contribution in [-0.4, -0.2) is 58.9 Å². The van der Waals surface area contributed by atoms with Gasteiger partial charge in [0.2, 0.25) is 12.0 Å². The molecule has 3 amide bonds. The van der Waals surface area contributed by atoms with Gasteiger partial charge in [-0.2, -0.15) is 0 Å². The SMILES string of the molecule is O=C(OCc1ccccc1)C1CCN(C(=O)[C@H]2OC(=O)N(C(=O)CCc3ccccc3)[C@H]2Cc2ccccc2)CC1. The van der Waals surface area contributed by atoms with E-state index in [0.717, 1.165) is 21.6 Å². The summed E-state index contributed by atoms with van der Waals surface area (Å²) in [4.78, 5) is 55.4. The first-order valence-corrected chi connectivity index (χ1v) is 14.1. The molecule has 2 saturated heterocycles. The molecule has 0 radical (unpaired) electrons. The van der Waals surface area contributed by atoms with E-state index in [1.807, 2.05) is 91.0 Å². The van der Waals surface area contributed by atoms with Gasteiger partial charge < -0.3 is 14.4 Å². The van der Waals surface area contributed by atoms with Crippen LogP contribution < -0.4 is 0 Å². The molecule has 0 aliphatic carbocycles. The summed E-state index contributed by atoms with van der Waals surface area (Å²) in [5.41, 5.74) is 2.81. The number of cyclic esters (lactones) is 1. The predicted octanol–water partition coefficient (Wildman–Crippen LogP) is 4.56. The number of carbonyl (C=O) groups is 4. The summed E-state index contributed by atoms with van der Waals surface area (Å²) < 4.78 is 11.1. The quantitative estimate of drug-likeness (QED) is 0.360. The number of amides is 3. The van der Waals surface area contributed by atoms with Crippen molar-refractivity contribution in [3.05, 3.63) is 108 Å². The molecule has 2 aliphatic heterocycles. The minimum absolute atomic E-state index is 0.127. The average Bonchev–Trinajstić information content (AvgIpc) is 3.35. The fourth-order valence-corrected chi connectivity index (χ4v) is 5.45. The Morgan fingerprint density at radius 2 is 1.34 bits per heavy atom. The summed E-state index contributed by atoms with van der Waals surface area (Å²) in [7, 11) is 0. The van der Waals surface area contributed by atoms with Crippen LogP contribution in [0.2, 0.25) is 0 Å². The van der Waals surface area contributed by atoms with Gasteiger partial charge in [0.25, 0.3) is 5.91 Å². The Kier molecular flexibility index (Phi) is 9.08. The largest absolute Gasteiger partial charge is 0.461 e. The van der Waals surface area contributed by atoms with Gasteiger partial charge in [-0.25, -0.2) is 9.69 Å².